The molecule has 1 unspecified atom stereocenters. The van der Waals surface area contributed by atoms with Crippen molar-refractivity contribution in [1.82, 2.24) is 0 Å². The third-order valence-corrected chi connectivity index (χ3v) is 2.38. The summed E-state index contributed by atoms with van der Waals surface area (Å²) in [7, 11) is 0. The molecule has 0 saturated carbocycles. The van der Waals surface area contributed by atoms with Crippen LogP contribution in [0.25, 0.3) is 0 Å². The lowest BCUT2D eigenvalue weighted by atomic mass is 10.0. The second-order valence-electron chi connectivity index (χ2n) is 4.23. The first kappa shape index (κ1) is 15.4. The second kappa shape index (κ2) is 6.48. The summed E-state index contributed by atoms with van der Waals surface area (Å²) >= 11 is 0. The van der Waals surface area contributed by atoms with Crippen molar-refractivity contribution in [2.75, 3.05) is 6.61 Å². The van der Waals surface area contributed by atoms with E-state index in [0.717, 1.165) is 6.07 Å². The molecule has 0 spiro atoms. The van der Waals surface area contributed by atoms with Crippen LogP contribution in [0.3, 0.4) is 0 Å². The summed E-state index contributed by atoms with van der Waals surface area (Å²) in [5.41, 5.74) is 5.34. The van der Waals surface area contributed by atoms with Crippen LogP contribution in [0.15, 0.2) is 18.2 Å². The average molecular weight is 271 g/mol. The predicted molar refractivity (Wildman–Crippen MR) is 67.7 cm³/mol. The van der Waals surface area contributed by atoms with Crippen LogP contribution >= 0.6 is 0 Å². The summed E-state index contributed by atoms with van der Waals surface area (Å²) in [6.45, 7) is 3.28. The Morgan fingerprint density at radius 3 is 2.58 bits per heavy atom. The predicted octanol–water partition coefficient (Wildman–Crippen LogP) is 3.00. The van der Waals surface area contributed by atoms with E-state index in [4.69, 9.17) is 10.5 Å². The summed E-state index contributed by atoms with van der Waals surface area (Å²) in [5, 5.41) is 0. The van der Waals surface area contributed by atoms with E-state index in [1.165, 1.54) is 6.07 Å². The van der Waals surface area contributed by atoms with Crippen LogP contribution in [0.5, 0.6) is 5.75 Å². The Balaban J connectivity index is 3.05. The third kappa shape index (κ3) is 4.84. The molecule has 2 N–H and O–H groups in total. The standard InChI is InChI=1S/C14H16F3NO/c1-3-4-7-19-13-6-5-11(8-10(2)18)9-12(13)14(15,16)17/h5-6,9-10H,7-8,18H2,1-2H3. The molecule has 0 amide bonds. The van der Waals surface area contributed by atoms with Gasteiger partial charge in [0.2, 0.25) is 0 Å². The van der Waals surface area contributed by atoms with Gasteiger partial charge in [-0.15, -0.1) is 5.92 Å². The van der Waals surface area contributed by atoms with Crippen LogP contribution in [0.1, 0.15) is 25.0 Å². The topological polar surface area (TPSA) is 35.2 Å². The van der Waals surface area contributed by atoms with E-state index in [2.05, 4.69) is 11.8 Å². The molecule has 0 aromatic heterocycles. The molecule has 0 heterocycles. The highest BCUT2D eigenvalue weighted by atomic mass is 19.4. The van der Waals surface area contributed by atoms with Crippen LogP contribution in [0.2, 0.25) is 0 Å². The molecule has 1 aromatic rings. The fourth-order valence-corrected chi connectivity index (χ4v) is 1.61. The van der Waals surface area contributed by atoms with E-state index in [9.17, 15) is 13.2 Å². The number of hydrogen-bond donors (Lipinski definition) is 1. The van der Waals surface area contributed by atoms with Crippen molar-refractivity contribution in [3.8, 4) is 17.6 Å². The van der Waals surface area contributed by atoms with E-state index in [-0.39, 0.29) is 18.4 Å². The molecule has 104 valence electrons. The summed E-state index contributed by atoms with van der Waals surface area (Å²) in [4.78, 5) is 0. The Bertz CT molecular complexity index is 484. The van der Waals surface area contributed by atoms with Crippen LogP contribution in [0.4, 0.5) is 13.2 Å². The molecule has 1 aromatic carbocycles. The van der Waals surface area contributed by atoms with Crippen molar-refractivity contribution in [1.29, 1.82) is 0 Å². The van der Waals surface area contributed by atoms with Crippen molar-refractivity contribution in [3.05, 3.63) is 29.3 Å². The fraction of sp³-hybridized carbons (Fsp3) is 0.429. The first-order chi connectivity index (χ1) is 8.84. The van der Waals surface area contributed by atoms with Gasteiger partial charge in [0, 0.05) is 6.04 Å². The van der Waals surface area contributed by atoms with Gasteiger partial charge in [-0.3, -0.25) is 0 Å². The molecule has 1 rings (SSSR count). The molecule has 1 atom stereocenters. The van der Waals surface area contributed by atoms with Crippen molar-refractivity contribution in [2.24, 2.45) is 5.73 Å². The van der Waals surface area contributed by atoms with Crippen molar-refractivity contribution in [3.63, 3.8) is 0 Å². The lowest BCUT2D eigenvalue weighted by molar-refractivity contribution is -0.138. The van der Waals surface area contributed by atoms with Gasteiger partial charge in [0.05, 0.1) is 5.56 Å². The maximum absolute atomic E-state index is 12.9. The minimum absolute atomic E-state index is 0.0633. The molecule has 0 aliphatic heterocycles. The van der Waals surface area contributed by atoms with Gasteiger partial charge in [-0.05, 0) is 38.0 Å². The molecule has 5 heteroatoms. The Labute approximate surface area is 110 Å². The van der Waals surface area contributed by atoms with E-state index in [1.807, 2.05) is 0 Å². The van der Waals surface area contributed by atoms with Crippen LogP contribution in [0, 0.1) is 11.8 Å². The Morgan fingerprint density at radius 1 is 1.37 bits per heavy atom. The molecule has 0 saturated heterocycles. The molecule has 0 fully saturated rings. The number of nitrogens with two attached hydrogens (primary N) is 1. The summed E-state index contributed by atoms with van der Waals surface area (Å²) in [5.74, 6) is 4.92. The van der Waals surface area contributed by atoms with Crippen molar-refractivity contribution in [2.45, 2.75) is 32.5 Å². The van der Waals surface area contributed by atoms with Crippen LogP contribution in [-0.4, -0.2) is 12.6 Å². The maximum atomic E-state index is 12.9. The van der Waals surface area contributed by atoms with Gasteiger partial charge in [-0.1, -0.05) is 12.0 Å². The van der Waals surface area contributed by atoms with Crippen molar-refractivity contribution >= 4 is 0 Å². The molecule has 0 bridgehead atoms. The van der Waals surface area contributed by atoms with Crippen LogP contribution < -0.4 is 10.5 Å². The number of benzene rings is 1. The van der Waals surface area contributed by atoms with Gasteiger partial charge in [0.1, 0.15) is 12.4 Å². The molecule has 0 aliphatic carbocycles. The summed E-state index contributed by atoms with van der Waals surface area (Å²) in [6, 6.07) is 3.79. The first-order valence-corrected chi connectivity index (χ1v) is 5.82. The zero-order chi connectivity index (χ0) is 14.5. The van der Waals surface area contributed by atoms with E-state index in [1.54, 1.807) is 19.9 Å². The monoisotopic (exact) mass is 271 g/mol. The number of alkyl halides is 3. The van der Waals surface area contributed by atoms with Gasteiger partial charge >= 0.3 is 6.18 Å². The van der Waals surface area contributed by atoms with Gasteiger partial charge < -0.3 is 10.5 Å². The molecule has 0 aliphatic rings. The minimum Gasteiger partial charge on any atom is -0.480 e. The van der Waals surface area contributed by atoms with E-state index < -0.39 is 11.7 Å². The Kier molecular flexibility index (Phi) is 5.25. The molecule has 0 radical (unpaired) electrons. The zero-order valence-electron chi connectivity index (χ0n) is 10.8. The van der Waals surface area contributed by atoms with E-state index in [0.29, 0.717) is 12.0 Å². The lowest BCUT2D eigenvalue weighted by Crippen LogP contribution is -2.18. The van der Waals surface area contributed by atoms with Gasteiger partial charge in [0.25, 0.3) is 0 Å². The SMILES string of the molecule is CC#CCOc1ccc(CC(C)N)cc1C(F)(F)F. The lowest BCUT2D eigenvalue weighted by Gasteiger charge is -2.15. The van der Waals surface area contributed by atoms with Gasteiger partial charge in [-0.25, -0.2) is 0 Å². The fourth-order valence-electron chi connectivity index (χ4n) is 1.61. The Hall–Kier alpha value is -1.67. The molecular formula is C14H16F3NO. The largest absolute Gasteiger partial charge is 0.480 e. The number of rotatable bonds is 4. The minimum atomic E-state index is -4.46. The quantitative estimate of drug-likeness (QED) is 0.854. The van der Waals surface area contributed by atoms with E-state index >= 15 is 0 Å². The van der Waals surface area contributed by atoms with Gasteiger partial charge in [-0.2, -0.15) is 13.2 Å². The molecular weight excluding hydrogens is 255 g/mol. The number of hydrogen-bond acceptors (Lipinski definition) is 2. The average Bonchev–Trinajstić information content (AvgIpc) is 2.29. The third-order valence-electron chi connectivity index (χ3n) is 2.38. The first-order valence-electron chi connectivity index (χ1n) is 5.82. The number of ether oxygens (including phenoxy) is 1. The maximum Gasteiger partial charge on any atom is 0.419 e. The van der Waals surface area contributed by atoms with Crippen molar-refractivity contribution < 1.29 is 17.9 Å². The highest BCUT2D eigenvalue weighted by Crippen LogP contribution is 2.37. The van der Waals surface area contributed by atoms with Gasteiger partial charge in [0.15, 0.2) is 0 Å². The molecule has 19 heavy (non-hydrogen) atoms. The second-order valence-corrected chi connectivity index (χ2v) is 4.23. The zero-order valence-corrected chi connectivity index (χ0v) is 10.8. The molecule has 2 nitrogen and oxygen atoms in total. The van der Waals surface area contributed by atoms with Crippen LogP contribution in [-0.2, 0) is 12.6 Å². The highest BCUT2D eigenvalue weighted by Gasteiger charge is 2.34. The Morgan fingerprint density at radius 2 is 2.05 bits per heavy atom. The smallest absolute Gasteiger partial charge is 0.419 e. The highest BCUT2D eigenvalue weighted by molar-refractivity contribution is 5.39. The normalized spacial score (nSPS) is 12.5. The number of halogens is 3. The summed E-state index contributed by atoms with van der Waals surface area (Å²) < 4.78 is 43.8. The summed E-state index contributed by atoms with van der Waals surface area (Å²) in [6.07, 6.45) is -4.07.